The van der Waals surface area contributed by atoms with E-state index in [1.165, 1.54) is 31.1 Å². The summed E-state index contributed by atoms with van der Waals surface area (Å²) in [4.78, 5) is 84.9. The topological polar surface area (TPSA) is 190 Å². The third-order valence-corrected chi connectivity index (χ3v) is 12.7. The van der Waals surface area contributed by atoms with Crippen molar-refractivity contribution < 1.29 is 38.9 Å². The lowest BCUT2D eigenvalue weighted by atomic mass is 9.44. The third kappa shape index (κ3) is 5.53. The Morgan fingerprint density at radius 3 is 2.15 bits per heavy atom. The number of aromatic hydroxyl groups is 1. The standard InChI is InChI=1S/C45H36N4O10/c1-46(2)41-35(48(55)56)19-28(20-36(41)49(57)58)47-43(53)31-15-14-30-33(39(31)44(47)54)21-34-42(52)32(24-9-5-3-6-10-24)22-38(51)45(34,27-11-7-4-8-12-27)40(30)26-17-25-18-29(50)13-16-37(25)59-23-26/h3-14,16,18-20,22-23,31,33-34,39-40,50H,15,17,21H2,1-2H3. The van der Waals surface area contributed by atoms with Crippen molar-refractivity contribution in [3.05, 3.63) is 157 Å². The molecule has 1 saturated carbocycles. The third-order valence-electron chi connectivity index (χ3n) is 12.7. The van der Waals surface area contributed by atoms with Crippen molar-refractivity contribution in [2.75, 3.05) is 23.9 Å². The number of ketones is 2. The lowest BCUT2D eigenvalue weighted by Crippen LogP contribution is -2.60. The van der Waals surface area contributed by atoms with Crippen LogP contribution in [0.4, 0.5) is 22.7 Å². The number of carbonyl (C=O) groups excluding carboxylic acids is 4. The Morgan fingerprint density at radius 2 is 1.51 bits per heavy atom. The molecule has 6 unspecified atom stereocenters. The number of Topliss-reactive ketones (excluding diaryl/α,β-unsaturated/α-hetero) is 1. The average Bonchev–Trinajstić information content (AvgIpc) is 3.49. The molecule has 1 saturated heterocycles. The number of rotatable bonds is 7. The minimum Gasteiger partial charge on any atom is -0.508 e. The molecule has 6 atom stereocenters. The van der Waals surface area contributed by atoms with Gasteiger partial charge in [0.25, 0.3) is 0 Å². The van der Waals surface area contributed by atoms with Gasteiger partial charge in [0.05, 0.1) is 39.0 Å². The van der Waals surface area contributed by atoms with Gasteiger partial charge in [-0.1, -0.05) is 72.3 Å². The van der Waals surface area contributed by atoms with Gasteiger partial charge in [-0.3, -0.25) is 39.4 Å². The van der Waals surface area contributed by atoms with Crippen LogP contribution in [-0.2, 0) is 31.0 Å². The summed E-state index contributed by atoms with van der Waals surface area (Å²) in [6, 6.07) is 24.7. The molecule has 296 valence electrons. The van der Waals surface area contributed by atoms with Crippen LogP contribution in [0.5, 0.6) is 11.5 Å². The molecule has 4 aromatic carbocycles. The van der Waals surface area contributed by atoms with Crippen molar-refractivity contribution in [1.29, 1.82) is 0 Å². The number of imide groups is 1. The SMILES string of the molecule is CN(C)c1c([N+](=O)[O-])cc(N2C(=O)C3CC=C4C(CC5C(=O)C(c6ccccc6)=CC(=O)C5(c5ccccc5)C4C4=COc5ccc(O)cc5C4)C3C2=O)cc1[N+](=O)[O-]. The van der Waals surface area contributed by atoms with Crippen LogP contribution in [-0.4, -0.2) is 52.4 Å². The number of benzene rings is 4. The van der Waals surface area contributed by atoms with Crippen LogP contribution in [0.3, 0.4) is 0 Å². The number of amides is 2. The maximum atomic E-state index is 15.3. The molecule has 3 aliphatic carbocycles. The van der Waals surface area contributed by atoms with Crippen molar-refractivity contribution >= 4 is 51.7 Å². The molecule has 0 bridgehead atoms. The van der Waals surface area contributed by atoms with Crippen LogP contribution in [0, 0.1) is 49.8 Å². The lowest BCUT2D eigenvalue weighted by molar-refractivity contribution is -0.392. The van der Waals surface area contributed by atoms with Crippen LogP contribution < -0.4 is 14.5 Å². The number of nitro groups is 2. The first-order chi connectivity index (χ1) is 28.3. The van der Waals surface area contributed by atoms with Crippen LogP contribution in [0.15, 0.2) is 121 Å². The normalized spacial score (nSPS) is 25.7. The molecule has 1 N–H and O–H groups in total. The van der Waals surface area contributed by atoms with Crippen LogP contribution in [0.2, 0.25) is 0 Å². The molecule has 0 radical (unpaired) electrons. The van der Waals surface area contributed by atoms with Crippen molar-refractivity contribution in [1.82, 2.24) is 0 Å². The van der Waals surface area contributed by atoms with Gasteiger partial charge in [-0.05, 0) is 59.7 Å². The number of fused-ring (bicyclic) bond motifs is 5. The maximum Gasteiger partial charge on any atom is 0.301 e. The van der Waals surface area contributed by atoms with E-state index in [2.05, 4.69) is 0 Å². The maximum absolute atomic E-state index is 15.3. The fourth-order valence-corrected chi connectivity index (χ4v) is 10.4. The van der Waals surface area contributed by atoms with E-state index in [0.29, 0.717) is 33.6 Å². The zero-order valence-electron chi connectivity index (χ0n) is 31.8. The van der Waals surface area contributed by atoms with Gasteiger partial charge in [0.15, 0.2) is 17.3 Å². The number of allylic oxidation sites excluding steroid dienone is 5. The molecular formula is C45H36N4O10. The highest BCUT2D eigenvalue weighted by atomic mass is 16.6. The zero-order valence-corrected chi connectivity index (χ0v) is 31.8. The minimum atomic E-state index is -1.51. The average molecular weight is 793 g/mol. The first-order valence-corrected chi connectivity index (χ1v) is 19.1. The first kappa shape index (κ1) is 37.4. The molecule has 2 amide bonds. The van der Waals surface area contributed by atoms with Crippen molar-refractivity contribution in [3.63, 3.8) is 0 Å². The Labute approximate surface area is 337 Å². The lowest BCUT2D eigenvalue weighted by Gasteiger charge is -2.56. The molecule has 0 spiro atoms. The molecule has 0 aromatic heterocycles. The molecular weight excluding hydrogens is 757 g/mol. The molecule has 59 heavy (non-hydrogen) atoms. The van der Waals surface area contributed by atoms with Gasteiger partial charge in [-0.15, -0.1) is 0 Å². The van der Waals surface area contributed by atoms with Gasteiger partial charge < -0.3 is 14.7 Å². The fraction of sp³-hybridized carbons (Fsp3) is 0.244. The Bertz CT molecular complexity index is 2600. The van der Waals surface area contributed by atoms with Gasteiger partial charge in [0.1, 0.15) is 11.5 Å². The molecule has 2 aliphatic heterocycles. The second kappa shape index (κ2) is 13.7. The largest absolute Gasteiger partial charge is 0.508 e. The Hall–Kier alpha value is -7.22. The number of hydrogen-bond acceptors (Lipinski definition) is 11. The van der Waals surface area contributed by atoms with Crippen LogP contribution in [0.1, 0.15) is 29.5 Å². The summed E-state index contributed by atoms with van der Waals surface area (Å²) in [7, 11) is 2.84. The smallest absolute Gasteiger partial charge is 0.301 e. The number of nitrogens with zero attached hydrogens (tertiary/aromatic N) is 4. The Morgan fingerprint density at radius 1 is 0.847 bits per heavy atom. The number of ether oxygens (including phenoxy) is 1. The summed E-state index contributed by atoms with van der Waals surface area (Å²) < 4.78 is 6.17. The molecule has 2 fully saturated rings. The summed E-state index contributed by atoms with van der Waals surface area (Å²) in [6.45, 7) is 0. The highest BCUT2D eigenvalue weighted by Crippen LogP contribution is 2.63. The van der Waals surface area contributed by atoms with Gasteiger partial charge in [0.2, 0.25) is 11.8 Å². The summed E-state index contributed by atoms with van der Waals surface area (Å²) in [6.07, 6.45) is 5.17. The summed E-state index contributed by atoms with van der Waals surface area (Å²) >= 11 is 0. The highest BCUT2D eigenvalue weighted by molar-refractivity contribution is 6.32. The van der Waals surface area contributed by atoms with E-state index in [4.69, 9.17) is 4.74 Å². The van der Waals surface area contributed by atoms with Gasteiger partial charge in [0, 0.05) is 55.6 Å². The summed E-state index contributed by atoms with van der Waals surface area (Å²) in [5, 5.41) is 35.0. The molecule has 14 heteroatoms. The predicted octanol–water partition coefficient (Wildman–Crippen LogP) is 6.66. The van der Waals surface area contributed by atoms with Gasteiger partial charge >= 0.3 is 11.4 Å². The number of phenols is 1. The molecule has 5 aliphatic rings. The quantitative estimate of drug-likeness (QED) is 0.0912. The second-order valence-electron chi connectivity index (χ2n) is 15.8. The van der Waals surface area contributed by atoms with Crippen molar-refractivity contribution in [3.8, 4) is 11.5 Å². The fourth-order valence-electron chi connectivity index (χ4n) is 10.4. The highest BCUT2D eigenvalue weighted by Gasteiger charge is 2.66. The van der Waals surface area contributed by atoms with E-state index in [0.717, 1.165) is 17.0 Å². The van der Waals surface area contributed by atoms with E-state index in [1.54, 1.807) is 60.9 Å². The minimum absolute atomic E-state index is 0.00533. The van der Waals surface area contributed by atoms with Crippen LogP contribution >= 0.6 is 0 Å². The number of carbonyl (C=O) groups is 4. The molecule has 2 heterocycles. The zero-order chi connectivity index (χ0) is 41.5. The van der Waals surface area contributed by atoms with E-state index in [-0.39, 0.29) is 53.5 Å². The van der Waals surface area contributed by atoms with Crippen molar-refractivity contribution in [2.45, 2.75) is 24.7 Å². The molecule has 14 nitrogen and oxygen atoms in total. The molecule has 4 aromatic rings. The number of anilines is 2. The number of hydrogen-bond donors (Lipinski definition) is 1. The van der Waals surface area contributed by atoms with Gasteiger partial charge in [-0.25, -0.2) is 4.90 Å². The van der Waals surface area contributed by atoms with E-state index in [9.17, 15) is 34.9 Å². The molecule has 9 rings (SSSR count). The number of phenolic OH excluding ortho intramolecular Hbond substituents is 1. The predicted molar refractivity (Wildman–Crippen MR) is 214 cm³/mol. The monoisotopic (exact) mass is 792 g/mol. The van der Waals surface area contributed by atoms with Crippen LogP contribution in [0.25, 0.3) is 5.57 Å². The van der Waals surface area contributed by atoms with E-state index in [1.807, 2.05) is 24.3 Å². The second-order valence-corrected chi connectivity index (χ2v) is 15.8. The summed E-state index contributed by atoms with van der Waals surface area (Å²) in [5.74, 6) is -6.16. The number of nitro benzene ring substituents is 2. The first-order valence-electron chi connectivity index (χ1n) is 19.1. The van der Waals surface area contributed by atoms with E-state index < -0.39 is 68.0 Å². The Kier molecular flexibility index (Phi) is 8.69. The van der Waals surface area contributed by atoms with Crippen molar-refractivity contribution in [2.24, 2.45) is 29.6 Å². The van der Waals surface area contributed by atoms with E-state index >= 15 is 9.59 Å². The van der Waals surface area contributed by atoms with Gasteiger partial charge in [-0.2, -0.15) is 0 Å². The Balaban J connectivity index is 1.23. The summed E-state index contributed by atoms with van der Waals surface area (Å²) in [5.41, 5.74) is -0.0840.